The van der Waals surface area contributed by atoms with E-state index < -0.39 is 0 Å². The first-order valence-corrected chi connectivity index (χ1v) is 7.36. The van der Waals surface area contributed by atoms with Crippen molar-refractivity contribution in [2.24, 2.45) is 5.92 Å². The number of nitrogens with one attached hydrogen (secondary N) is 1. The lowest BCUT2D eigenvalue weighted by atomic mass is 10.1. The first kappa shape index (κ1) is 13.4. The third-order valence-electron chi connectivity index (χ3n) is 3.33. The van der Waals surface area contributed by atoms with Crippen LogP contribution in [0.5, 0.6) is 5.75 Å². The lowest BCUT2D eigenvalue weighted by molar-refractivity contribution is 0.342. The molecule has 1 fully saturated rings. The summed E-state index contributed by atoms with van der Waals surface area (Å²) in [5.74, 6) is 1.92. The van der Waals surface area contributed by atoms with Gasteiger partial charge in [0.2, 0.25) is 0 Å². The standard InChI is InChI=1S/C12H22N4OS/c1-3-16-6-5-9(8-16)7-14-12-10(17-4-2)11(13)15-18-12/h9,14H,3-8H2,1-2H3,(H2,13,15). The minimum absolute atomic E-state index is 0.492. The molecule has 1 saturated heterocycles. The first-order valence-electron chi connectivity index (χ1n) is 6.58. The molecule has 3 N–H and O–H groups in total. The Bertz CT molecular complexity index is 382. The first-order chi connectivity index (χ1) is 8.74. The fourth-order valence-corrected chi connectivity index (χ4v) is 2.96. The van der Waals surface area contributed by atoms with Crippen molar-refractivity contribution in [1.29, 1.82) is 0 Å². The summed E-state index contributed by atoms with van der Waals surface area (Å²) in [5, 5.41) is 4.39. The average molecular weight is 270 g/mol. The Labute approximate surface area is 112 Å². The Hall–Kier alpha value is -1.01. The Kier molecular flexibility index (Phi) is 4.66. The molecule has 0 amide bonds. The lowest BCUT2D eigenvalue weighted by Gasteiger charge is -2.14. The zero-order valence-corrected chi connectivity index (χ0v) is 11.9. The van der Waals surface area contributed by atoms with E-state index in [9.17, 15) is 0 Å². The van der Waals surface area contributed by atoms with Crippen LogP contribution in [0.2, 0.25) is 0 Å². The van der Waals surface area contributed by atoms with E-state index in [2.05, 4.69) is 21.5 Å². The second-order valence-electron chi connectivity index (χ2n) is 4.59. The van der Waals surface area contributed by atoms with Crippen LogP contribution in [0.3, 0.4) is 0 Å². The molecule has 1 aliphatic heterocycles. The van der Waals surface area contributed by atoms with Gasteiger partial charge in [0, 0.05) is 13.1 Å². The lowest BCUT2D eigenvalue weighted by Crippen LogP contribution is -2.22. The molecular formula is C12H22N4OS. The topological polar surface area (TPSA) is 63.4 Å². The van der Waals surface area contributed by atoms with Gasteiger partial charge in [-0.1, -0.05) is 6.92 Å². The Morgan fingerprint density at radius 2 is 2.39 bits per heavy atom. The van der Waals surface area contributed by atoms with Gasteiger partial charge in [-0.25, -0.2) is 0 Å². The van der Waals surface area contributed by atoms with Gasteiger partial charge in [0.25, 0.3) is 0 Å². The molecule has 0 radical (unpaired) electrons. The maximum Gasteiger partial charge on any atom is 0.197 e. The van der Waals surface area contributed by atoms with Crippen molar-refractivity contribution in [1.82, 2.24) is 9.27 Å². The van der Waals surface area contributed by atoms with Gasteiger partial charge >= 0.3 is 0 Å². The fourth-order valence-electron chi connectivity index (χ4n) is 2.29. The Morgan fingerprint density at radius 3 is 3.06 bits per heavy atom. The average Bonchev–Trinajstić information content (AvgIpc) is 2.96. The van der Waals surface area contributed by atoms with E-state index in [-0.39, 0.29) is 0 Å². The van der Waals surface area contributed by atoms with Gasteiger partial charge in [-0.3, -0.25) is 0 Å². The van der Waals surface area contributed by atoms with E-state index in [1.165, 1.54) is 31.0 Å². The van der Waals surface area contributed by atoms with Crippen LogP contribution >= 0.6 is 11.5 Å². The van der Waals surface area contributed by atoms with Crippen molar-refractivity contribution in [3.05, 3.63) is 0 Å². The molecule has 0 saturated carbocycles. The number of rotatable bonds is 6. The molecule has 1 aliphatic rings. The summed E-state index contributed by atoms with van der Waals surface area (Å²) in [6.45, 7) is 9.30. The van der Waals surface area contributed by atoms with Crippen LogP contribution in [-0.4, -0.2) is 42.1 Å². The number of nitrogen functional groups attached to an aromatic ring is 1. The predicted molar refractivity (Wildman–Crippen MR) is 76.4 cm³/mol. The second kappa shape index (κ2) is 6.24. The molecule has 5 nitrogen and oxygen atoms in total. The van der Waals surface area contributed by atoms with E-state index >= 15 is 0 Å². The van der Waals surface area contributed by atoms with E-state index in [0.717, 1.165) is 18.1 Å². The predicted octanol–water partition coefficient (Wildman–Crippen LogP) is 1.88. The van der Waals surface area contributed by atoms with Crippen LogP contribution < -0.4 is 15.8 Å². The molecule has 18 heavy (non-hydrogen) atoms. The Morgan fingerprint density at radius 1 is 1.56 bits per heavy atom. The normalized spacial score (nSPS) is 20.2. The number of anilines is 2. The third-order valence-corrected chi connectivity index (χ3v) is 4.13. The highest BCUT2D eigenvalue weighted by molar-refractivity contribution is 7.11. The number of ether oxygens (including phenoxy) is 1. The minimum atomic E-state index is 0.492. The molecule has 0 aromatic carbocycles. The summed E-state index contributed by atoms with van der Waals surface area (Å²) < 4.78 is 9.65. The van der Waals surface area contributed by atoms with Crippen LogP contribution in [0.25, 0.3) is 0 Å². The van der Waals surface area contributed by atoms with Crippen LogP contribution in [0.1, 0.15) is 20.3 Å². The van der Waals surface area contributed by atoms with Crippen molar-refractivity contribution < 1.29 is 4.74 Å². The molecule has 1 unspecified atom stereocenters. The molecule has 1 atom stereocenters. The SMILES string of the molecule is CCOc1c(N)nsc1NCC1CCN(CC)C1. The molecule has 1 aromatic rings. The van der Waals surface area contributed by atoms with E-state index in [0.29, 0.717) is 24.1 Å². The highest BCUT2D eigenvalue weighted by Crippen LogP contribution is 2.35. The minimum Gasteiger partial charge on any atom is -0.487 e. The maximum absolute atomic E-state index is 5.78. The third kappa shape index (κ3) is 3.05. The van der Waals surface area contributed by atoms with Crippen molar-refractivity contribution in [2.75, 3.05) is 43.8 Å². The number of hydrogen-bond donors (Lipinski definition) is 2. The van der Waals surface area contributed by atoms with Crippen LogP contribution in [0, 0.1) is 5.92 Å². The van der Waals surface area contributed by atoms with Gasteiger partial charge in [-0.15, -0.1) is 0 Å². The van der Waals surface area contributed by atoms with Gasteiger partial charge < -0.3 is 20.7 Å². The molecule has 2 heterocycles. The summed E-state index contributed by atoms with van der Waals surface area (Å²) in [6.07, 6.45) is 1.26. The van der Waals surface area contributed by atoms with E-state index in [1.807, 2.05) is 6.92 Å². The van der Waals surface area contributed by atoms with E-state index in [4.69, 9.17) is 10.5 Å². The molecule has 2 rings (SSSR count). The molecule has 1 aromatic heterocycles. The summed E-state index contributed by atoms with van der Waals surface area (Å²) >= 11 is 1.38. The molecule has 102 valence electrons. The van der Waals surface area contributed by atoms with Gasteiger partial charge in [-0.2, -0.15) is 4.37 Å². The Balaban J connectivity index is 1.86. The van der Waals surface area contributed by atoms with E-state index in [1.54, 1.807) is 0 Å². The zero-order valence-electron chi connectivity index (χ0n) is 11.1. The van der Waals surface area contributed by atoms with Gasteiger partial charge in [0.05, 0.1) is 6.61 Å². The molecule has 0 spiro atoms. The van der Waals surface area contributed by atoms with Crippen LogP contribution in [0.4, 0.5) is 10.8 Å². The fraction of sp³-hybridized carbons (Fsp3) is 0.750. The number of nitrogens with two attached hydrogens (primary N) is 1. The largest absolute Gasteiger partial charge is 0.487 e. The number of nitrogens with zero attached hydrogens (tertiary/aromatic N) is 2. The highest BCUT2D eigenvalue weighted by Gasteiger charge is 2.22. The summed E-state index contributed by atoms with van der Waals surface area (Å²) in [6, 6.07) is 0. The quantitative estimate of drug-likeness (QED) is 0.826. The molecule has 6 heteroatoms. The number of hydrogen-bond acceptors (Lipinski definition) is 6. The van der Waals surface area contributed by atoms with Crippen molar-refractivity contribution >= 4 is 22.4 Å². The summed E-state index contributed by atoms with van der Waals surface area (Å²) in [7, 11) is 0. The number of likely N-dealkylation sites (tertiary alicyclic amines) is 1. The van der Waals surface area contributed by atoms with Crippen LogP contribution in [-0.2, 0) is 0 Å². The van der Waals surface area contributed by atoms with Crippen molar-refractivity contribution in [3.8, 4) is 5.75 Å². The number of aromatic nitrogens is 1. The molecular weight excluding hydrogens is 248 g/mol. The van der Waals surface area contributed by atoms with Gasteiger partial charge in [-0.05, 0) is 43.9 Å². The van der Waals surface area contributed by atoms with Gasteiger partial charge in [0.15, 0.2) is 16.6 Å². The summed E-state index contributed by atoms with van der Waals surface area (Å²) in [5.41, 5.74) is 5.78. The maximum atomic E-state index is 5.78. The van der Waals surface area contributed by atoms with Crippen molar-refractivity contribution in [2.45, 2.75) is 20.3 Å². The summed E-state index contributed by atoms with van der Waals surface area (Å²) in [4.78, 5) is 2.48. The smallest absolute Gasteiger partial charge is 0.197 e. The highest BCUT2D eigenvalue weighted by atomic mass is 32.1. The molecule has 0 aliphatic carbocycles. The van der Waals surface area contributed by atoms with Gasteiger partial charge in [0.1, 0.15) is 0 Å². The zero-order chi connectivity index (χ0) is 13.0. The molecule has 0 bridgehead atoms. The second-order valence-corrected chi connectivity index (χ2v) is 5.36. The van der Waals surface area contributed by atoms with Crippen LogP contribution in [0.15, 0.2) is 0 Å². The monoisotopic (exact) mass is 270 g/mol. The van der Waals surface area contributed by atoms with Crippen molar-refractivity contribution in [3.63, 3.8) is 0 Å².